The number of hydrogen-bond acceptors (Lipinski definition) is 4. The summed E-state index contributed by atoms with van der Waals surface area (Å²) >= 11 is 12.2. The minimum Gasteiger partial charge on any atom is -0.480 e. The zero-order chi connectivity index (χ0) is 22.5. The van der Waals surface area contributed by atoms with Gasteiger partial charge in [-0.3, -0.25) is 9.98 Å². The van der Waals surface area contributed by atoms with Crippen LogP contribution in [-0.2, 0) is 26.3 Å². The van der Waals surface area contributed by atoms with Crippen LogP contribution in [0.5, 0.6) is 0 Å². The molecule has 3 atom stereocenters. The third-order valence-corrected chi connectivity index (χ3v) is 7.76. The lowest BCUT2D eigenvalue weighted by Gasteiger charge is -2.44. The average Bonchev–Trinajstić information content (AvgIpc) is 2.68. The number of benzene rings is 2. The maximum Gasteiger partial charge on any atom is 0.406 e. The van der Waals surface area contributed by atoms with E-state index in [9.17, 15) is 14.7 Å². The van der Waals surface area contributed by atoms with Gasteiger partial charge in [0.2, 0.25) is 0 Å². The summed E-state index contributed by atoms with van der Waals surface area (Å²) in [4.78, 5) is 24.2. The van der Waals surface area contributed by atoms with Gasteiger partial charge in [0.1, 0.15) is 6.10 Å². The van der Waals surface area contributed by atoms with Gasteiger partial charge in [-0.2, -0.15) is 0 Å². The number of rotatable bonds is 7. The quantitative estimate of drug-likeness (QED) is 0.528. The number of carboxylic acids is 1. The van der Waals surface area contributed by atoms with E-state index < -0.39 is 39.8 Å². The molecule has 5 nitrogen and oxygen atoms in total. The van der Waals surface area contributed by atoms with Gasteiger partial charge in [-0.15, -0.1) is 5.75 Å². The van der Waals surface area contributed by atoms with E-state index in [2.05, 4.69) is 24.3 Å². The zero-order valence-electron chi connectivity index (χ0n) is 17.2. The van der Waals surface area contributed by atoms with Crippen LogP contribution in [0.4, 0.5) is 4.79 Å². The Hall–Kier alpha value is -2.11. The first kappa shape index (κ1) is 23.6. The Kier molecular flexibility index (Phi) is 7.95. The fourth-order valence-corrected chi connectivity index (χ4v) is 6.00. The molecule has 0 saturated carbocycles. The summed E-state index contributed by atoms with van der Waals surface area (Å²) in [6.45, 7) is 4.11. The molecule has 31 heavy (non-hydrogen) atoms. The van der Waals surface area contributed by atoms with Gasteiger partial charge in [-0.1, -0.05) is 67.2 Å². The van der Waals surface area contributed by atoms with Crippen LogP contribution in [0.15, 0.2) is 48.5 Å². The minimum absolute atomic E-state index is 0.368. The lowest BCUT2D eigenvalue weighted by molar-refractivity contribution is -0.140. The van der Waals surface area contributed by atoms with E-state index in [-0.39, 0.29) is 0 Å². The van der Waals surface area contributed by atoms with Gasteiger partial charge < -0.3 is 25.5 Å². The van der Waals surface area contributed by atoms with Crippen LogP contribution in [0.25, 0.3) is 0 Å². The lowest BCUT2D eigenvalue weighted by Crippen LogP contribution is -2.51. The largest absolute Gasteiger partial charge is 0.480 e. The molecule has 166 valence electrons. The molecule has 1 amide bonds. The molecule has 0 aromatic heterocycles. The van der Waals surface area contributed by atoms with Crippen molar-refractivity contribution in [1.82, 2.24) is 5.32 Å². The van der Waals surface area contributed by atoms with Crippen molar-refractivity contribution in [3.8, 4) is 5.18 Å². The number of amides is 1. The first-order chi connectivity index (χ1) is 14.7. The minimum atomic E-state index is -0.997. The van der Waals surface area contributed by atoms with Gasteiger partial charge in [0, 0.05) is 16.5 Å². The maximum atomic E-state index is 12.8. The van der Waals surface area contributed by atoms with E-state index in [1.165, 1.54) is 0 Å². The first-order valence-corrected chi connectivity index (χ1v) is 12.1. The van der Waals surface area contributed by atoms with Crippen molar-refractivity contribution in [2.75, 3.05) is 5.75 Å². The van der Waals surface area contributed by atoms with Crippen LogP contribution in [0.3, 0.4) is 0 Å². The normalized spacial score (nSPS) is 19.0. The van der Waals surface area contributed by atoms with Crippen molar-refractivity contribution in [3.05, 3.63) is 69.7 Å². The maximum absolute atomic E-state index is 12.8. The molecule has 2 unspecified atom stereocenters. The van der Waals surface area contributed by atoms with Crippen LogP contribution < -0.4 is 5.32 Å². The van der Waals surface area contributed by atoms with E-state index in [4.69, 9.17) is 27.9 Å². The highest BCUT2D eigenvalue weighted by Crippen LogP contribution is 2.27. The van der Waals surface area contributed by atoms with Crippen molar-refractivity contribution in [3.63, 3.8) is 0 Å². The molecule has 1 aliphatic heterocycles. The van der Waals surface area contributed by atoms with Crippen molar-refractivity contribution in [2.24, 2.45) is 11.8 Å². The van der Waals surface area contributed by atoms with E-state index in [1.54, 1.807) is 24.3 Å². The molecule has 0 aliphatic carbocycles. The van der Waals surface area contributed by atoms with Crippen LogP contribution in [0.1, 0.15) is 31.1 Å². The molecule has 2 aromatic rings. The third-order valence-electron chi connectivity index (χ3n) is 4.71. The second-order valence-corrected chi connectivity index (χ2v) is 10.6. The highest BCUT2D eigenvalue weighted by molar-refractivity contribution is 7.88. The Bertz CT molecular complexity index is 1060. The van der Waals surface area contributed by atoms with E-state index in [0.29, 0.717) is 22.4 Å². The number of aliphatic carboxylic acids is 1. The fraction of sp³-hybridized carbons (Fsp3) is 0.348. The van der Waals surface area contributed by atoms with Crippen LogP contribution in [0, 0.1) is 17.0 Å². The number of carbonyl (C=O) groups is 2. The Balaban J connectivity index is 1.77. The van der Waals surface area contributed by atoms with E-state index in [1.807, 2.05) is 24.3 Å². The summed E-state index contributed by atoms with van der Waals surface area (Å²) in [5.74, 6) is -0.683. The summed E-state index contributed by atoms with van der Waals surface area (Å²) in [7, 11) is -0.421. The summed E-state index contributed by atoms with van der Waals surface area (Å²) in [6, 6.07) is 14.5. The smallest absolute Gasteiger partial charge is 0.406 e. The summed E-state index contributed by atoms with van der Waals surface area (Å²) < 4.78 is 5.76. The van der Waals surface area contributed by atoms with Crippen LogP contribution >= 0.6 is 23.2 Å². The Morgan fingerprint density at radius 1 is 1.16 bits per heavy atom. The number of halogens is 2. The molecule has 1 heterocycles. The predicted octanol–water partition coefficient (Wildman–Crippen LogP) is 5.28. The molecule has 8 heteroatoms. The van der Waals surface area contributed by atoms with Gasteiger partial charge in [0.05, 0.1) is 5.92 Å². The molecule has 0 radical (unpaired) electrons. The van der Waals surface area contributed by atoms with Gasteiger partial charge in [0.15, 0.2) is 0 Å². The van der Waals surface area contributed by atoms with E-state index >= 15 is 0 Å². The highest BCUT2D eigenvalue weighted by atomic mass is 35.5. The molecule has 0 spiro atoms. The molecule has 0 bridgehead atoms. The monoisotopic (exact) mass is 480 g/mol. The van der Waals surface area contributed by atoms with Crippen molar-refractivity contribution >= 4 is 45.6 Å². The molecule has 2 aromatic carbocycles. The van der Waals surface area contributed by atoms with Crippen LogP contribution in [0.2, 0.25) is 10.0 Å². The molecule has 0 saturated heterocycles. The Morgan fingerprint density at radius 2 is 1.84 bits per heavy atom. The Labute approximate surface area is 194 Å². The summed E-state index contributed by atoms with van der Waals surface area (Å²) in [6.07, 6.45) is -0.872. The lowest BCUT2D eigenvalue weighted by atomic mass is 10.0. The number of alkyl carbamates (subject to hydrolysis) is 1. The molecular weight excluding hydrogens is 457 g/mol. The Morgan fingerprint density at radius 3 is 2.45 bits per heavy atom. The SMILES string of the molecule is CC(C)C[S-]1#C[C@@H](C(=O)O)C1NC(=O)OC(Cc1cccc(Cl)c1)c1cccc(Cl)c1. The molecular formula is C23H24Cl2NO4S-. The van der Waals surface area contributed by atoms with E-state index in [0.717, 1.165) is 16.9 Å². The average molecular weight is 481 g/mol. The van der Waals surface area contributed by atoms with Crippen molar-refractivity contribution < 1.29 is 19.4 Å². The zero-order valence-corrected chi connectivity index (χ0v) is 19.5. The fourth-order valence-electron chi connectivity index (χ4n) is 3.33. The topological polar surface area (TPSA) is 75.6 Å². The predicted molar refractivity (Wildman–Crippen MR) is 125 cm³/mol. The highest BCUT2D eigenvalue weighted by Gasteiger charge is 2.28. The number of ether oxygens (including phenoxy) is 1. The van der Waals surface area contributed by atoms with Gasteiger partial charge in [-0.05, 0) is 40.8 Å². The second kappa shape index (κ2) is 10.5. The van der Waals surface area contributed by atoms with Gasteiger partial charge >= 0.3 is 12.1 Å². The molecule has 3 rings (SSSR count). The molecule has 1 aliphatic rings. The summed E-state index contributed by atoms with van der Waals surface area (Å²) in [5, 5.41) is 15.8. The third kappa shape index (κ3) is 6.44. The molecule has 0 fully saturated rings. The summed E-state index contributed by atoms with van der Waals surface area (Å²) in [5.41, 5.74) is 1.64. The van der Waals surface area contributed by atoms with Gasteiger partial charge in [0.25, 0.3) is 0 Å². The van der Waals surface area contributed by atoms with Crippen molar-refractivity contribution in [1.29, 1.82) is 0 Å². The second-order valence-electron chi connectivity index (χ2n) is 7.77. The first-order valence-electron chi connectivity index (χ1n) is 9.88. The molecule has 2 N–H and O–H groups in total. The number of carbonyl (C=O) groups excluding carboxylic acids is 1. The van der Waals surface area contributed by atoms with Crippen molar-refractivity contribution in [2.45, 2.75) is 31.7 Å². The number of hydrogen-bond donors (Lipinski definition) is 2. The van der Waals surface area contributed by atoms with Crippen LogP contribution in [-0.4, -0.2) is 28.3 Å². The standard InChI is InChI=1S/C23H24Cl2NO4S/c1-14(2)12-31-13-19(22(27)28)21(31)26-23(29)30-20(16-6-4-8-18(25)11-16)10-15-5-3-7-17(24)9-15/h3-9,11,14,19-21H,10,12H2,1-2H3,(H,26,29)(H,27,28)/q-1/t19-,20?,21?/m1/s1. The number of nitrogens with one attached hydrogen (secondary N) is 1. The number of carboxylic acid groups (broad SMARTS) is 1. The van der Waals surface area contributed by atoms with Gasteiger partial charge in [-0.25, -0.2) is 4.79 Å².